The largest absolute Gasteiger partial charge is 0.325 e. The third-order valence-electron chi connectivity index (χ3n) is 3.52. The molecule has 3 aromatic rings. The van der Waals surface area contributed by atoms with Gasteiger partial charge in [-0.3, -0.25) is 9.59 Å². The van der Waals surface area contributed by atoms with Gasteiger partial charge in [0.15, 0.2) is 0 Å². The molecule has 0 saturated carbocycles. The van der Waals surface area contributed by atoms with E-state index in [2.05, 4.69) is 15.6 Å². The van der Waals surface area contributed by atoms with Crippen LogP contribution in [-0.4, -0.2) is 16.8 Å². The lowest BCUT2D eigenvalue weighted by Crippen LogP contribution is -2.15. The first-order valence-electron chi connectivity index (χ1n) is 7.76. The van der Waals surface area contributed by atoms with E-state index in [0.29, 0.717) is 26.3 Å². The van der Waals surface area contributed by atoms with Crippen LogP contribution in [0.25, 0.3) is 9.88 Å². The van der Waals surface area contributed by atoms with Gasteiger partial charge in [0.2, 0.25) is 5.91 Å². The zero-order chi connectivity index (χ0) is 18.8. The lowest BCUT2D eigenvalue weighted by molar-refractivity contribution is -0.114. The average molecular weight is 406 g/mol. The van der Waals surface area contributed by atoms with Crippen molar-refractivity contribution in [3.8, 4) is 9.88 Å². The fraction of sp³-hybridized carbons (Fsp3) is 0.167. The van der Waals surface area contributed by atoms with Crippen LogP contribution in [0.1, 0.15) is 27.9 Å². The molecule has 5 nitrogen and oxygen atoms in total. The van der Waals surface area contributed by atoms with Gasteiger partial charge in [0.25, 0.3) is 5.91 Å². The molecule has 0 fully saturated rings. The SMILES string of the molecule is CC(=O)Nc1ccc(C)cc1NC(=O)c1sc(-c2ccc(Cl)s2)nc1C. The molecule has 8 heteroatoms. The minimum Gasteiger partial charge on any atom is -0.325 e. The lowest BCUT2D eigenvalue weighted by Gasteiger charge is -2.12. The second-order valence-corrected chi connectivity index (χ2v) is 8.44. The summed E-state index contributed by atoms with van der Waals surface area (Å²) >= 11 is 8.72. The summed E-state index contributed by atoms with van der Waals surface area (Å²) < 4.78 is 0.679. The van der Waals surface area contributed by atoms with Crippen LogP contribution in [0.2, 0.25) is 4.34 Å². The van der Waals surface area contributed by atoms with E-state index in [1.165, 1.54) is 29.6 Å². The number of rotatable bonds is 4. The number of nitrogens with zero attached hydrogens (tertiary/aromatic N) is 1. The number of aromatic nitrogens is 1. The predicted molar refractivity (Wildman–Crippen MR) is 109 cm³/mol. The molecule has 0 unspecified atom stereocenters. The van der Waals surface area contributed by atoms with E-state index in [-0.39, 0.29) is 11.8 Å². The molecule has 2 N–H and O–H groups in total. The van der Waals surface area contributed by atoms with Crippen molar-refractivity contribution in [2.75, 3.05) is 10.6 Å². The number of hydrogen-bond donors (Lipinski definition) is 2. The third-order valence-corrected chi connectivity index (χ3v) is 6.08. The van der Waals surface area contributed by atoms with Crippen LogP contribution in [-0.2, 0) is 4.79 Å². The molecular weight excluding hydrogens is 390 g/mol. The standard InChI is InChI=1S/C18H16ClN3O2S2/c1-9-4-5-12(21-11(3)23)13(8-9)22-17(24)16-10(2)20-18(26-16)14-6-7-15(19)25-14/h4-8H,1-3H3,(H,21,23)(H,22,24). The zero-order valence-electron chi connectivity index (χ0n) is 14.3. The van der Waals surface area contributed by atoms with Crippen molar-refractivity contribution in [3.63, 3.8) is 0 Å². The first-order valence-corrected chi connectivity index (χ1v) is 9.77. The maximum atomic E-state index is 12.8. The second-order valence-electron chi connectivity index (χ2n) is 5.72. The summed E-state index contributed by atoms with van der Waals surface area (Å²) in [5, 5.41) is 6.37. The molecule has 0 atom stereocenters. The molecule has 0 aliphatic carbocycles. The third kappa shape index (κ3) is 4.12. The van der Waals surface area contributed by atoms with Crippen LogP contribution in [0.4, 0.5) is 11.4 Å². The van der Waals surface area contributed by atoms with Crippen molar-refractivity contribution in [3.05, 3.63) is 50.8 Å². The zero-order valence-corrected chi connectivity index (χ0v) is 16.7. The number of benzene rings is 1. The summed E-state index contributed by atoms with van der Waals surface area (Å²) in [5.74, 6) is -0.457. The van der Waals surface area contributed by atoms with Gasteiger partial charge in [-0.25, -0.2) is 4.98 Å². The average Bonchev–Trinajstić information content (AvgIpc) is 3.15. The molecule has 0 aliphatic rings. The van der Waals surface area contributed by atoms with Crippen LogP contribution in [0.3, 0.4) is 0 Å². The van der Waals surface area contributed by atoms with Crippen LogP contribution < -0.4 is 10.6 Å². The number of carbonyl (C=O) groups excluding carboxylic acids is 2. The van der Waals surface area contributed by atoms with Gasteiger partial charge < -0.3 is 10.6 Å². The van der Waals surface area contributed by atoms with Crippen molar-refractivity contribution in [2.24, 2.45) is 0 Å². The molecule has 2 amide bonds. The van der Waals surface area contributed by atoms with Crippen LogP contribution in [0.15, 0.2) is 30.3 Å². The summed E-state index contributed by atoms with van der Waals surface area (Å²) in [4.78, 5) is 30.1. The summed E-state index contributed by atoms with van der Waals surface area (Å²) in [5.41, 5.74) is 2.74. The fourth-order valence-corrected chi connectivity index (χ4v) is 4.44. The maximum Gasteiger partial charge on any atom is 0.267 e. The van der Waals surface area contributed by atoms with Gasteiger partial charge in [0.05, 0.1) is 26.3 Å². The number of hydrogen-bond acceptors (Lipinski definition) is 5. The lowest BCUT2D eigenvalue weighted by atomic mass is 10.2. The fourth-order valence-electron chi connectivity index (χ4n) is 2.38. The summed E-state index contributed by atoms with van der Waals surface area (Å²) in [7, 11) is 0. The Hall–Kier alpha value is -2.22. The van der Waals surface area contributed by atoms with E-state index in [0.717, 1.165) is 15.4 Å². The molecule has 26 heavy (non-hydrogen) atoms. The van der Waals surface area contributed by atoms with Crippen molar-refractivity contribution in [1.29, 1.82) is 0 Å². The van der Waals surface area contributed by atoms with Crippen molar-refractivity contribution in [2.45, 2.75) is 20.8 Å². The Morgan fingerprint density at radius 2 is 1.81 bits per heavy atom. The monoisotopic (exact) mass is 405 g/mol. The van der Waals surface area contributed by atoms with Gasteiger partial charge in [-0.05, 0) is 43.7 Å². The highest BCUT2D eigenvalue weighted by atomic mass is 35.5. The quantitative estimate of drug-likeness (QED) is 0.614. The smallest absolute Gasteiger partial charge is 0.267 e. The van der Waals surface area contributed by atoms with Gasteiger partial charge >= 0.3 is 0 Å². The summed E-state index contributed by atoms with van der Waals surface area (Å²) in [6, 6.07) is 9.16. The number of nitrogens with one attached hydrogen (secondary N) is 2. The molecule has 2 heterocycles. The molecule has 2 aromatic heterocycles. The molecule has 0 saturated heterocycles. The molecule has 3 rings (SSSR count). The van der Waals surface area contributed by atoms with E-state index in [1.54, 1.807) is 13.0 Å². The van der Waals surface area contributed by atoms with Crippen LogP contribution >= 0.6 is 34.3 Å². The normalized spacial score (nSPS) is 10.6. The minimum atomic E-state index is -0.258. The molecule has 134 valence electrons. The molecule has 1 aromatic carbocycles. The topological polar surface area (TPSA) is 71.1 Å². The van der Waals surface area contributed by atoms with Crippen LogP contribution in [0, 0.1) is 13.8 Å². The highest BCUT2D eigenvalue weighted by Crippen LogP contribution is 2.35. The van der Waals surface area contributed by atoms with E-state index in [4.69, 9.17) is 11.6 Å². The van der Waals surface area contributed by atoms with Gasteiger partial charge in [0, 0.05) is 6.92 Å². The van der Waals surface area contributed by atoms with Gasteiger partial charge in [-0.15, -0.1) is 22.7 Å². The number of aryl methyl sites for hydroxylation is 2. The van der Waals surface area contributed by atoms with Gasteiger partial charge in [-0.2, -0.15) is 0 Å². The number of thiophene rings is 1. The van der Waals surface area contributed by atoms with E-state index in [9.17, 15) is 9.59 Å². The number of amides is 2. The van der Waals surface area contributed by atoms with E-state index >= 15 is 0 Å². The Morgan fingerprint density at radius 1 is 1.04 bits per heavy atom. The van der Waals surface area contributed by atoms with E-state index < -0.39 is 0 Å². The summed E-state index contributed by atoms with van der Waals surface area (Å²) in [6.45, 7) is 5.15. The molecule has 0 aliphatic heterocycles. The maximum absolute atomic E-state index is 12.8. The Kier molecular flexibility index (Phi) is 5.41. The second kappa shape index (κ2) is 7.57. The first kappa shape index (κ1) is 18.6. The number of carbonyl (C=O) groups is 2. The summed E-state index contributed by atoms with van der Waals surface area (Å²) in [6.07, 6.45) is 0. The first-order chi connectivity index (χ1) is 12.3. The molecule has 0 spiro atoms. The van der Waals surface area contributed by atoms with Crippen molar-refractivity contribution in [1.82, 2.24) is 4.98 Å². The molecule has 0 radical (unpaired) electrons. The molecule has 0 bridgehead atoms. The van der Waals surface area contributed by atoms with Crippen molar-refractivity contribution >= 4 is 57.5 Å². The number of halogens is 1. The predicted octanol–water partition coefficient (Wildman–Crippen LogP) is 5.35. The highest BCUT2D eigenvalue weighted by Gasteiger charge is 2.18. The van der Waals surface area contributed by atoms with Gasteiger partial charge in [-0.1, -0.05) is 17.7 Å². The highest BCUT2D eigenvalue weighted by molar-refractivity contribution is 7.24. The Balaban J connectivity index is 1.88. The van der Waals surface area contributed by atoms with Crippen LogP contribution in [0.5, 0.6) is 0 Å². The Labute approximate surface area is 164 Å². The number of thiazole rings is 1. The number of anilines is 2. The Bertz CT molecular complexity index is 994. The van der Waals surface area contributed by atoms with E-state index in [1.807, 2.05) is 31.2 Å². The van der Waals surface area contributed by atoms with Crippen molar-refractivity contribution < 1.29 is 9.59 Å². The minimum absolute atomic E-state index is 0.199. The molecular formula is C18H16ClN3O2S2. The Morgan fingerprint density at radius 3 is 2.46 bits per heavy atom. The van der Waals surface area contributed by atoms with Gasteiger partial charge in [0.1, 0.15) is 9.88 Å².